The summed E-state index contributed by atoms with van der Waals surface area (Å²) in [5.41, 5.74) is 0.338. The first-order valence-corrected chi connectivity index (χ1v) is 7.18. The molecule has 2 heterocycles. The maximum absolute atomic E-state index is 12.6. The van der Waals surface area contributed by atoms with Gasteiger partial charge in [0.1, 0.15) is 0 Å². The quantitative estimate of drug-likeness (QED) is 0.754. The first kappa shape index (κ1) is 15.8. The average Bonchev–Trinajstić information content (AvgIpc) is 2.77. The zero-order valence-corrected chi connectivity index (χ0v) is 12.6. The van der Waals surface area contributed by atoms with Crippen molar-refractivity contribution in [3.05, 3.63) is 23.6 Å². The van der Waals surface area contributed by atoms with Gasteiger partial charge in [-0.3, -0.25) is 9.69 Å². The van der Waals surface area contributed by atoms with Gasteiger partial charge in [0.15, 0.2) is 11.5 Å². The minimum Gasteiger partial charge on any atom is -0.396 e. The smallest absolute Gasteiger partial charge is 0.277 e. The topological polar surface area (TPSA) is 81.8 Å². The van der Waals surface area contributed by atoms with Crippen LogP contribution in [0.25, 0.3) is 0 Å². The lowest BCUT2D eigenvalue weighted by molar-refractivity contribution is -0.00103. The summed E-state index contributed by atoms with van der Waals surface area (Å²) in [6.45, 7) is 6.53. The number of aliphatic hydroxyl groups excluding tert-OH is 2. The largest absolute Gasteiger partial charge is 0.396 e. The fourth-order valence-electron chi connectivity index (χ4n) is 2.41. The number of aromatic nitrogens is 2. The maximum Gasteiger partial charge on any atom is 0.277 e. The number of carbonyl (C=O) groups excluding carboxylic acids is 1. The summed E-state index contributed by atoms with van der Waals surface area (Å²) in [5, 5.41) is 19.5. The van der Waals surface area contributed by atoms with Gasteiger partial charge in [-0.2, -0.15) is 4.98 Å². The molecule has 0 saturated carbocycles. The first-order valence-electron chi connectivity index (χ1n) is 6.80. The van der Waals surface area contributed by atoms with E-state index in [2.05, 4.69) is 11.6 Å². The molecule has 0 spiro atoms. The van der Waals surface area contributed by atoms with Gasteiger partial charge in [0.05, 0.1) is 0 Å². The van der Waals surface area contributed by atoms with Crippen LogP contribution in [-0.2, 0) is 6.54 Å². The zero-order chi connectivity index (χ0) is 15.6. The van der Waals surface area contributed by atoms with Crippen LogP contribution in [0.4, 0.5) is 5.82 Å². The lowest BCUT2D eigenvalue weighted by Gasteiger charge is -2.40. The number of hydrogen-bond acceptors (Lipinski definition) is 5. The number of imidazole rings is 1. The molecule has 0 aromatic carbocycles. The lowest BCUT2D eigenvalue weighted by Crippen LogP contribution is -2.56. The molecule has 0 fully saturated rings. The summed E-state index contributed by atoms with van der Waals surface area (Å²) in [7, 11) is 0. The Labute approximate surface area is 128 Å². The van der Waals surface area contributed by atoms with Crippen LogP contribution < -0.4 is 4.90 Å². The lowest BCUT2D eigenvalue weighted by atomic mass is 10.2. The van der Waals surface area contributed by atoms with Crippen LogP contribution >= 0.6 is 11.6 Å². The van der Waals surface area contributed by atoms with Crippen LogP contribution in [0.5, 0.6) is 0 Å². The Balaban J connectivity index is 2.49. The molecule has 116 valence electrons. The molecule has 2 N–H and O–H groups in total. The molecule has 0 saturated heterocycles. The normalized spacial score (nSPS) is 18.1. The van der Waals surface area contributed by atoms with Crippen molar-refractivity contribution in [2.45, 2.75) is 26.2 Å². The van der Waals surface area contributed by atoms with E-state index in [4.69, 9.17) is 16.7 Å². The minimum absolute atomic E-state index is 0.0534. The molecule has 1 atom stereocenters. The second kappa shape index (κ2) is 6.46. The minimum atomic E-state index is -1.11. The number of fused-ring (bicyclic) bond motifs is 1. The predicted octanol–water partition coefficient (Wildman–Crippen LogP) is 0.663. The molecule has 1 aliphatic rings. The van der Waals surface area contributed by atoms with Crippen LogP contribution in [0, 0.1) is 0 Å². The Morgan fingerprint density at radius 2 is 2.19 bits per heavy atom. The van der Waals surface area contributed by atoms with Crippen molar-refractivity contribution in [3.63, 3.8) is 0 Å². The van der Waals surface area contributed by atoms with Gasteiger partial charge in [0.2, 0.25) is 11.6 Å². The van der Waals surface area contributed by atoms with Crippen molar-refractivity contribution < 1.29 is 15.0 Å². The SMILES string of the molecule is C=CCn1c(Cl)nc2c1C(=O)N(CCCO)C(O)N2CC. The predicted molar refractivity (Wildman–Crippen MR) is 79.2 cm³/mol. The summed E-state index contributed by atoms with van der Waals surface area (Å²) >= 11 is 6.09. The van der Waals surface area contributed by atoms with Crippen molar-refractivity contribution in [2.24, 2.45) is 0 Å². The van der Waals surface area contributed by atoms with E-state index in [1.54, 1.807) is 15.5 Å². The molecule has 1 aliphatic heterocycles. The van der Waals surface area contributed by atoms with Crippen molar-refractivity contribution >= 4 is 23.3 Å². The molecule has 1 aromatic rings. The Hall–Kier alpha value is -1.57. The van der Waals surface area contributed by atoms with Crippen molar-refractivity contribution in [3.8, 4) is 0 Å². The van der Waals surface area contributed by atoms with Gasteiger partial charge in [-0.25, -0.2) is 0 Å². The van der Waals surface area contributed by atoms with Gasteiger partial charge < -0.3 is 19.7 Å². The Morgan fingerprint density at radius 1 is 1.48 bits per heavy atom. The third-order valence-electron chi connectivity index (χ3n) is 3.41. The summed E-state index contributed by atoms with van der Waals surface area (Å²) < 4.78 is 1.56. The van der Waals surface area contributed by atoms with Crippen molar-refractivity contribution in [1.29, 1.82) is 0 Å². The number of aliphatic hydroxyl groups is 2. The highest BCUT2D eigenvalue weighted by Crippen LogP contribution is 2.32. The Morgan fingerprint density at radius 3 is 2.76 bits per heavy atom. The monoisotopic (exact) mass is 314 g/mol. The van der Waals surface area contributed by atoms with E-state index in [1.807, 2.05) is 6.92 Å². The molecule has 0 aliphatic carbocycles. The molecule has 2 rings (SSSR count). The molecular formula is C13H19ClN4O3. The van der Waals surface area contributed by atoms with Gasteiger partial charge in [-0.05, 0) is 24.9 Å². The number of anilines is 1. The second-order valence-corrected chi connectivity index (χ2v) is 5.00. The van der Waals surface area contributed by atoms with Gasteiger partial charge in [-0.15, -0.1) is 6.58 Å². The number of hydrogen-bond donors (Lipinski definition) is 2. The summed E-state index contributed by atoms with van der Waals surface area (Å²) in [5.74, 6) is 0.0269. The van der Waals surface area contributed by atoms with Crippen LogP contribution in [0.15, 0.2) is 12.7 Å². The van der Waals surface area contributed by atoms with Crippen molar-refractivity contribution in [2.75, 3.05) is 24.6 Å². The molecule has 1 aromatic heterocycles. The number of allylic oxidation sites excluding steroid dienone is 1. The standard InChI is InChI=1S/C13H19ClN4O3/c1-3-6-17-9-10(15-12(17)14)16(4-2)13(21)18(11(9)20)7-5-8-19/h3,13,19,21H,1,4-8H2,2H3. The van der Waals surface area contributed by atoms with Crippen molar-refractivity contribution in [1.82, 2.24) is 14.5 Å². The van der Waals surface area contributed by atoms with Crippen LogP contribution in [-0.4, -0.2) is 56.6 Å². The molecule has 0 bridgehead atoms. The molecule has 0 radical (unpaired) electrons. The molecule has 1 amide bonds. The number of amides is 1. The van der Waals surface area contributed by atoms with E-state index in [-0.39, 0.29) is 24.3 Å². The highest BCUT2D eigenvalue weighted by molar-refractivity contribution is 6.29. The molecule has 1 unspecified atom stereocenters. The summed E-state index contributed by atoms with van der Waals surface area (Å²) in [4.78, 5) is 19.7. The van der Waals surface area contributed by atoms with E-state index in [9.17, 15) is 9.90 Å². The second-order valence-electron chi connectivity index (χ2n) is 4.66. The molecule has 21 heavy (non-hydrogen) atoms. The van der Waals surface area contributed by atoms with E-state index >= 15 is 0 Å². The average molecular weight is 315 g/mol. The summed E-state index contributed by atoms with van der Waals surface area (Å²) in [6, 6.07) is 0. The maximum atomic E-state index is 12.6. The molecule has 8 heteroatoms. The van der Waals surface area contributed by atoms with E-state index in [0.29, 0.717) is 31.0 Å². The number of carbonyl (C=O) groups is 1. The molecular weight excluding hydrogens is 296 g/mol. The number of halogens is 1. The fourth-order valence-corrected chi connectivity index (χ4v) is 2.64. The summed E-state index contributed by atoms with van der Waals surface area (Å²) in [6.07, 6.45) is 0.907. The third-order valence-corrected chi connectivity index (χ3v) is 3.69. The molecule has 7 nitrogen and oxygen atoms in total. The third kappa shape index (κ3) is 2.64. The van der Waals surface area contributed by atoms with Crippen LogP contribution in [0.2, 0.25) is 5.28 Å². The van der Waals surface area contributed by atoms with Crippen LogP contribution in [0.3, 0.4) is 0 Å². The zero-order valence-electron chi connectivity index (χ0n) is 11.9. The number of nitrogens with zero attached hydrogens (tertiary/aromatic N) is 4. The van der Waals surface area contributed by atoms with Gasteiger partial charge >= 0.3 is 0 Å². The Kier molecular flexibility index (Phi) is 4.87. The van der Waals surface area contributed by atoms with Crippen LogP contribution in [0.1, 0.15) is 23.8 Å². The Bertz CT molecular complexity index is 546. The highest BCUT2D eigenvalue weighted by atomic mass is 35.5. The van der Waals surface area contributed by atoms with Gasteiger partial charge in [0, 0.05) is 26.2 Å². The number of rotatable bonds is 6. The highest BCUT2D eigenvalue weighted by Gasteiger charge is 2.40. The van der Waals surface area contributed by atoms with E-state index < -0.39 is 6.35 Å². The van der Waals surface area contributed by atoms with Gasteiger partial charge in [-0.1, -0.05) is 6.08 Å². The fraction of sp³-hybridized carbons (Fsp3) is 0.538. The van der Waals surface area contributed by atoms with Gasteiger partial charge in [0.25, 0.3) is 5.91 Å². The first-order chi connectivity index (χ1) is 10.1. The van der Waals surface area contributed by atoms with E-state index in [0.717, 1.165) is 0 Å². The van der Waals surface area contributed by atoms with E-state index in [1.165, 1.54) is 4.90 Å².